The molecule has 0 aromatic carbocycles. The Morgan fingerprint density at radius 1 is 0.923 bits per heavy atom. The van der Waals surface area contributed by atoms with Crippen molar-refractivity contribution in [1.29, 1.82) is 0 Å². The summed E-state index contributed by atoms with van der Waals surface area (Å²) in [6.45, 7) is 4.86. The Morgan fingerprint density at radius 2 is 1.38 bits per heavy atom. The molecule has 13 heavy (non-hydrogen) atoms. The molecule has 1 heteroatoms. The summed E-state index contributed by atoms with van der Waals surface area (Å²) in [6, 6.07) is 0. The first-order valence-corrected chi connectivity index (χ1v) is 6.90. The molecule has 0 aliphatic heterocycles. The summed E-state index contributed by atoms with van der Waals surface area (Å²) in [4.78, 5) is 0. The van der Waals surface area contributed by atoms with E-state index >= 15 is 0 Å². The quantitative estimate of drug-likeness (QED) is 0.644. The van der Waals surface area contributed by atoms with Crippen LogP contribution in [0.2, 0.25) is 0 Å². The van der Waals surface area contributed by atoms with Crippen molar-refractivity contribution in [3.8, 4) is 0 Å². The normalized spacial score (nSPS) is 44.3. The number of fused-ring (bicyclic) bond motifs is 3. The minimum atomic E-state index is 0.705. The van der Waals surface area contributed by atoms with Crippen molar-refractivity contribution in [2.24, 2.45) is 11.3 Å². The highest BCUT2D eigenvalue weighted by molar-refractivity contribution is 8.00. The molecule has 0 aromatic rings. The molecule has 0 atom stereocenters. The number of hydrogen-bond acceptors (Lipinski definition) is 1. The molecule has 0 heterocycles. The van der Waals surface area contributed by atoms with Gasteiger partial charge in [-0.05, 0) is 56.1 Å². The van der Waals surface area contributed by atoms with Gasteiger partial charge in [0.25, 0.3) is 0 Å². The van der Waals surface area contributed by atoms with Crippen molar-refractivity contribution in [2.75, 3.05) is 6.26 Å². The van der Waals surface area contributed by atoms with E-state index in [4.69, 9.17) is 0 Å². The maximum Gasteiger partial charge on any atom is 0.0158 e. The molecule has 3 saturated carbocycles. The van der Waals surface area contributed by atoms with E-state index in [-0.39, 0.29) is 0 Å². The monoisotopic (exact) mass is 198 g/mol. The molecule has 3 rings (SSSR count). The zero-order valence-corrected chi connectivity index (χ0v) is 10.0. The van der Waals surface area contributed by atoms with Crippen LogP contribution in [0.3, 0.4) is 0 Å². The summed E-state index contributed by atoms with van der Waals surface area (Å²) >= 11 is 2.14. The lowest BCUT2D eigenvalue weighted by Gasteiger charge is -2.55. The molecule has 0 nitrogen and oxygen atoms in total. The summed E-state index contributed by atoms with van der Waals surface area (Å²) in [5.41, 5.74) is 0.748. The lowest BCUT2D eigenvalue weighted by Crippen LogP contribution is -2.46. The van der Waals surface area contributed by atoms with Crippen molar-refractivity contribution in [3.63, 3.8) is 0 Å². The summed E-state index contributed by atoms with van der Waals surface area (Å²) < 4.78 is 0.705. The van der Waals surface area contributed by atoms with Crippen LogP contribution in [0.4, 0.5) is 0 Å². The smallest absolute Gasteiger partial charge is 0.0158 e. The average Bonchev–Trinajstić information content (AvgIpc) is 2.20. The Bertz CT molecular complexity index is 171. The molecule has 0 saturated heterocycles. The van der Waals surface area contributed by atoms with E-state index in [1.807, 2.05) is 0 Å². The largest absolute Gasteiger partial charge is 0.159 e. The molecule has 0 aromatic heterocycles. The molecular weight excluding hydrogens is 176 g/mol. The molecule has 76 valence electrons. The fourth-order valence-corrected chi connectivity index (χ4v) is 4.27. The topological polar surface area (TPSA) is 0 Å². The highest BCUT2D eigenvalue weighted by Crippen LogP contribution is 2.59. The van der Waals surface area contributed by atoms with Gasteiger partial charge in [0.15, 0.2) is 0 Å². The first-order valence-electron chi connectivity index (χ1n) is 5.68. The van der Waals surface area contributed by atoms with Gasteiger partial charge in [0.1, 0.15) is 0 Å². The van der Waals surface area contributed by atoms with Crippen LogP contribution in [-0.2, 0) is 0 Å². The lowest BCUT2D eigenvalue weighted by molar-refractivity contribution is 0.0361. The number of rotatable bonds is 2. The SMILES string of the molecule is CSC12CCC(C(C)C)(CC1)CC2. The molecule has 0 amide bonds. The van der Waals surface area contributed by atoms with Gasteiger partial charge >= 0.3 is 0 Å². The zero-order chi connectivity index (χ0) is 9.53. The van der Waals surface area contributed by atoms with Gasteiger partial charge in [-0.15, -0.1) is 0 Å². The molecular formula is C12H22S. The number of hydrogen-bond donors (Lipinski definition) is 0. The van der Waals surface area contributed by atoms with Crippen LogP contribution in [0.5, 0.6) is 0 Å². The number of thioether (sulfide) groups is 1. The van der Waals surface area contributed by atoms with E-state index in [0.29, 0.717) is 4.75 Å². The van der Waals surface area contributed by atoms with E-state index in [1.54, 1.807) is 0 Å². The first-order chi connectivity index (χ1) is 6.13. The molecule has 0 unspecified atom stereocenters. The van der Waals surface area contributed by atoms with Crippen molar-refractivity contribution < 1.29 is 0 Å². The predicted molar refractivity (Wildman–Crippen MR) is 61.2 cm³/mol. The first kappa shape index (κ1) is 9.89. The van der Waals surface area contributed by atoms with Crippen LogP contribution in [0.25, 0.3) is 0 Å². The van der Waals surface area contributed by atoms with Crippen LogP contribution < -0.4 is 0 Å². The Labute approximate surface area is 86.9 Å². The van der Waals surface area contributed by atoms with Crippen molar-refractivity contribution >= 4 is 11.8 Å². The van der Waals surface area contributed by atoms with Crippen LogP contribution in [-0.4, -0.2) is 11.0 Å². The molecule has 0 N–H and O–H groups in total. The third-order valence-electron chi connectivity index (χ3n) is 4.89. The van der Waals surface area contributed by atoms with E-state index in [2.05, 4.69) is 31.9 Å². The molecule has 0 radical (unpaired) electrons. The van der Waals surface area contributed by atoms with Gasteiger partial charge in [-0.1, -0.05) is 13.8 Å². The Hall–Kier alpha value is 0.350. The Balaban J connectivity index is 2.11. The second-order valence-electron chi connectivity index (χ2n) is 5.40. The third kappa shape index (κ3) is 1.44. The molecule has 0 spiro atoms. The second kappa shape index (κ2) is 3.18. The van der Waals surface area contributed by atoms with Crippen molar-refractivity contribution in [2.45, 2.75) is 57.1 Å². The second-order valence-corrected chi connectivity index (χ2v) is 6.68. The molecule has 3 aliphatic carbocycles. The highest BCUT2D eigenvalue weighted by Gasteiger charge is 2.49. The van der Waals surface area contributed by atoms with Gasteiger partial charge in [0.2, 0.25) is 0 Å². The van der Waals surface area contributed by atoms with Gasteiger partial charge in [-0.25, -0.2) is 0 Å². The zero-order valence-electron chi connectivity index (χ0n) is 9.23. The van der Waals surface area contributed by atoms with Crippen molar-refractivity contribution in [3.05, 3.63) is 0 Å². The summed E-state index contributed by atoms with van der Waals surface area (Å²) in [6.07, 6.45) is 11.3. The Kier molecular flexibility index (Phi) is 2.42. The van der Waals surface area contributed by atoms with E-state index in [9.17, 15) is 0 Å². The van der Waals surface area contributed by atoms with E-state index < -0.39 is 0 Å². The third-order valence-corrected chi connectivity index (χ3v) is 6.37. The van der Waals surface area contributed by atoms with Gasteiger partial charge in [-0.3, -0.25) is 0 Å². The summed E-state index contributed by atoms with van der Waals surface area (Å²) in [5, 5.41) is 0. The fraction of sp³-hybridized carbons (Fsp3) is 1.00. The molecule has 3 aliphatic rings. The standard InChI is InChI=1S/C12H22S/c1-10(2)11-4-7-12(13-3,8-5-11)9-6-11/h10H,4-9H2,1-3H3. The summed E-state index contributed by atoms with van der Waals surface area (Å²) in [7, 11) is 0. The molecule has 2 bridgehead atoms. The maximum absolute atomic E-state index is 2.43. The van der Waals surface area contributed by atoms with Gasteiger partial charge in [0.05, 0.1) is 0 Å². The van der Waals surface area contributed by atoms with Crippen molar-refractivity contribution in [1.82, 2.24) is 0 Å². The average molecular weight is 198 g/mol. The predicted octanol–water partition coefficient (Wildman–Crippen LogP) is 4.10. The minimum absolute atomic E-state index is 0.705. The van der Waals surface area contributed by atoms with Crippen LogP contribution in [0.1, 0.15) is 52.4 Å². The Morgan fingerprint density at radius 3 is 1.69 bits per heavy atom. The summed E-state index contributed by atoms with van der Waals surface area (Å²) in [5.74, 6) is 0.910. The molecule has 3 fully saturated rings. The van der Waals surface area contributed by atoms with E-state index in [1.165, 1.54) is 38.5 Å². The lowest BCUT2D eigenvalue weighted by atomic mass is 9.56. The van der Waals surface area contributed by atoms with Crippen LogP contribution >= 0.6 is 11.8 Å². The van der Waals surface area contributed by atoms with E-state index in [0.717, 1.165) is 11.3 Å². The highest BCUT2D eigenvalue weighted by atomic mass is 32.2. The van der Waals surface area contributed by atoms with Crippen LogP contribution in [0.15, 0.2) is 0 Å². The van der Waals surface area contributed by atoms with Gasteiger partial charge in [-0.2, -0.15) is 11.8 Å². The fourth-order valence-electron chi connectivity index (χ4n) is 3.35. The van der Waals surface area contributed by atoms with Crippen LogP contribution in [0, 0.1) is 11.3 Å². The minimum Gasteiger partial charge on any atom is -0.159 e. The van der Waals surface area contributed by atoms with Gasteiger partial charge < -0.3 is 0 Å². The van der Waals surface area contributed by atoms with Gasteiger partial charge in [0, 0.05) is 4.75 Å². The maximum atomic E-state index is 2.43.